The van der Waals surface area contributed by atoms with Crippen molar-refractivity contribution in [3.8, 4) is 5.75 Å². The second-order valence-corrected chi connectivity index (χ2v) is 5.67. The Bertz CT molecular complexity index is 466. The van der Waals surface area contributed by atoms with Crippen LogP contribution >= 0.6 is 15.9 Å². The number of carbonyl (C=O) groups is 1. The van der Waals surface area contributed by atoms with Gasteiger partial charge in [-0.2, -0.15) is 0 Å². The summed E-state index contributed by atoms with van der Waals surface area (Å²) < 4.78 is 6.94. The van der Waals surface area contributed by atoms with Crippen molar-refractivity contribution in [2.45, 2.75) is 37.7 Å². The predicted octanol–water partition coefficient (Wildman–Crippen LogP) is 3.48. The molecule has 17 heavy (non-hydrogen) atoms. The molecule has 3 nitrogen and oxygen atoms in total. The minimum Gasteiger partial charge on any atom is -0.475 e. The third kappa shape index (κ3) is 1.84. The van der Waals surface area contributed by atoms with Crippen molar-refractivity contribution >= 4 is 27.5 Å². The minimum atomic E-state index is -0.612. The van der Waals surface area contributed by atoms with Crippen LogP contribution in [0.25, 0.3) is 0 Å². The molecule has 1 aliphatic carbocycles. The Labute approximate surface area is 109 Å². The van der Waals surface area contributed by atoms with Crippen LogP contribution < -0.4 is 10.1 Å². The zero-order chi connectivity index (χ0) is 11.9. The SMILES string of the molecule is O=C1Nc2cc(Br)ccc2OC12CCCCC2. The predicted molar refractivity (Wildman–Crippen MR) is 69.2 cm³/mol. The fourth-order valence-corrected chi connectivity index (χ4v) is 3.00. The van der Waals surface area contributed by atoms with Gasteiger partial charge in [-0.25, -0.2) is 0 Å². The average Bonchev–Trinajstić information content (AvgIpc) is 2.33. The molecule has 3 rings (SSSR count). The Hall–Kier alpha value is -1.03. The molecule has 2 aliphatic rings. The first-order valence-electron chi connectivity index (χ1n) is 6.00. The van der Waals surface area contributed by atoms with Crippen molar-refractivity contribution < 1.29 is 9.53 Å². The summed E-state index contributed by atoms with van der Waals surface area (Å²) in [7, 11) is 0. The summed E-state index contributed by atoms with van der Waals surface area (Å²) in [5, 5.41) is 2.97. The number of ether oxygens (including phenoxy) is 1. The molecule has 1 spiro atoms. The van der Waals surface area contributed by atoms with Gasteiger partial charge in [-0.15, -0.1) is 0 Å². The molecule has 1 amide bonds. The van der Waals surface area contributed by atoms with Crippen molar-refractivity contribution in [1.82, 2.24) is 0 Å². The summed E-state index contributed by atoms with van der Waals surface area (Å²) in [6, 6.07) is 5.73. The lowest BCUT2D eigenvalue weighted by atomic mass is 9.83. The molecule has 1 heterocycles. The van der Waals surface area contributed by atoms with Crippen molar-refractivity contribution in [3.63, 3.8) is 0 Å². The van der Waals surface area contributed by atoms with Gasteiger partial charge in [0.25, 0.3) is 5.91 Å². The Morgan fingerprint density at radius 3 is 2.76 bits per heavy atom. The summed E-state index contributed by atoms with van der Waals surface area (Å²) in [4.78, 5) is 12.2. The summed E-state index contributed by atoms with van der Waals surface area (Å²) in [5.41, 5.74) is 0.152. The Balaban J connectivity index is 1.97. The molecular weight excluding hydrogens is 282 g/mol. The number of nitrogens with one attached hydrogen (secondary N) is 1. The first-order valence-corrected chi connectivity index (χ1v) is 6.79. The lowest BCUT2D eigenvalue weighted by Gasteiger charge is -2.39. The van der Waals surface area contributed by atoms with Crippen LogP contribution in [0, 0.1) is 0 Å². The van der Waals surface area contributed by atoms with E-state index >= 15 is 0 Å². The first kappa shape index (κ1) is 11.1. The maximum Gasteiger partial charge on any atom is 0.268 e. The molecule has 0 atom stereocenters. The smallest absolute Gasteiger partial charge is 0.268 e. The number of fused-ring (bicyclic) bond motifs is 1. The monoisotopic (exact) mass is 295 g/mol. The molecule has 0 bridgehead atoms. The summed E-state index contributed by atoms with van der Waals surface area (Å²) in [5.74, 6) is 0.803. The number of hydrogen-bond donors (Lipinski definition) is 1. The highest BCUT2D eigenvalue weighted by molar-refractivity contribution is 9.10. The van der Waals surface area contributed by atoms with Gasteiger partial charge in [-0.05, 0) is 43.9 Å². The van der Waals surface area contributed by atoms with E-state index in [1.807, 2.05) is 18.2 Å². The maximum absolute atomic E-state index is 12.2. The van der Waals surface area contributed by atoms with Crippen LogP contribution in [0.2, 0.25) is 0 Å². The molecule has 1 aromatic rings. The summed E-state index contributed by atoms with van der Waals surface area (Å²) in [6.07, 6.45) is 4.99. The van der Waals surface area contributed by atoms with Gasteiger partial charge < -0.3 is 10.1 Å². The lowest BCUT2D eigenvalue weighted by Crippen LogP contribution is -2.51. The van der Waals surface area contributed by atoms with E-state index in [0.717, 1.165) is 41.6 Å². The van der Waals surface area contributed by atoms with E-state index in [-0.39, 0.29) is 5.91 Å². The van der Waals surface area contributed by atoms with E-state index in [0.29, 0.717) is 0 Å². The van der Waals surface area contributed by atoms with Crippen LogP contribution in [-0.2, 0) is 4.79 Å². The van der Waals surface area contributed by atoms with Crippen LogP contribution in [-0.4, -0.2) is 11.5 Å². The zero-order valence-electron chi connectivity index (χ0n) is 9.46. The van der Waals surface area contributed by atoms with Gasteiger partial charge in [0.2, 0.25) is 0 Å². The van der Waals surface area contributed by atoms with E-state index in [2.05, 4.69) is 21.2 Å². The molecule has 0 saturated heterocycles. The number of rotatable bonds is 0. The van der Waals surface area contributed by atoms with Crippen LogP contribution in [0.4, 0.5) is 5.69 Å². The third-order valence-electron chi connectivity index (χ3n) is 3.57. The zero-order valence-corrected chi connectivity index (χ0v) is 11.0. The summed E-state index contributed by atoms with van der Waals surface area (Å²) in [6.45, 7) is 0. The molecule has 0 aromatic heterocycles. The average molecular weight is 296 g/mol. The number of amides is 1. The highest BCUT2D eigenvalue weighted by Gasteiger charge is 2.45. The minimum absolute atomic E-state index is 0.0165. The fourth-order valence-electron chi connectivity index (χ4n) is 2.63. The fraction of sp³-hybridized carbons (Fsp3) is 0.462. The highest BCUT2D eigenvalue weighted by Crippen LogP contribution is 2.41. The molecule has 4 heteroatoms. The van der Waals surface area contributed by atoms with Crippen LogP contribution in [0.15, 0.2) is 22.7 Å². The molecular formula is C13H14BrNO2. The number of benzene rings is 1. The number of hydrogen-bond acceptors (Lipinski definition) is 2. The van der Waals surface area contributed by atoms with Gasteiger partial charge in [-0.1, -0.05) is 22.4 Å². The van der Waals surface area contributed by atoms with Crippen molar-refractivity contribution in [2.75, 3.05) is 5.32 Å². The normalized spacial score (nSPS) is 21.6. The number of carbonyl (C=O) groups excluding carboxylic acids is 1. The second kappa shape index (κ2) is 4.02. The van der Waals surface area contributed by atoms with Crippen LogP contribution in [0.3, 0.4) is 0 Å². The van der Waals surface area contributed by atoms with Gasteiger partial charge in [0.05, 0.1) is 5.69 Å². The third-order valence-corrected chi connectivity index (χ3v) is 4.06. The quantitative estimate of drug-likeness (QED) is 0.796. The van der Waals surface area contributed by atoms with E-state index in [4.69, 9.17) is 4.74 Å². The maximum atomic E-state index is 12.2. The van der Waals surface area contributed by atoms with Gasteiger partial charge >= 0.3 is 0 Å². The summed E-state index contributed by atoms with van der Waals surface area (Å²) >= 11 is 3.39. The molecule has 1 saturated carbocycles. The standard InChI is InChI=1S/C13H14BrNO2/c14-9-4-5-11-10(8-9)15-12(16)13(17-11)6-2-1-3-7-13/h4-5,8H,1-3,6-7H2,(H,15,16). The second-order valence-electron chi connectivity index (χ2n) is 4.75. The van der Waals surface area contributed by atoms with Crippen molar-refractivity contribution in [3.05, 3.63) is 22.7 Å². The molecule has 0 unspecified atom stereocenters. The lowest BCUT2D eigenvalue weighted by molar-refractivity contribution is -0.135. The van der Waals surface area contributed by atoms with Gasteiger partial charge in [-0.3, -0.25) is 4.79 Å². The van der Waals surface area contributed by atoms with E-state index in [1.54, 1.807) is 0 Å². The molecule has 0 radical (unpaired) electrons. The topological polar surface area (TPSA) is 38.3 Å². The number of halogens is 1. The molecule has 1 aliphatic heterocycles. The van der Waals surface area contributed by atoms with E-state index in [1.165, 1.54) is 6.42 Å². The van der Waals surface area contributed by atoms with Crippen LogP contribution in [0.5, 0.6) is 5.75 Å². The molecule has 1 N–H and O–H groups in total. The Kier molecular flexibility index (Phi) is 2.62. The van der Waals surface area contributed by atoms with Crippen molar-refractivity contribution in [1.29, 1.82) is 0 Å². The largest absolute Gasteiger partial charge is 0.475 e. The van der Waals surface area contributed by atoms with Gasteiger partial charge in [0, 0.05) is 4.47 Å². The first-order chi connectivity index (χ1) is 8.20. The number of anilines is 1. The molecule has 90 valence electrons. The van der Waals surface area contributed by atoms with Crippen LogP contribution in [0.1, 0.15) is 32.1 Å². The van der Waals surface area contributed by atoms with Gasteiger partial charge in [0.1, 0.15) is 5.75 Å². The molecule has 1 aromatic carbocycles. The van der Waals surface area contributed by atoms with E-state index < -0.39 is 5.60 Å². The van der Waals surface area contributed by atoms with E-state index in [9.17, 15) is 4.79 Å². The Morgan fingerprint density at radius 1 is 1.24 bits per heavy atom. The molecule has 1 fully saturated rings. The van der Waals surface area contributed by atoms with Gasteiger partial charge in [0.15, 0.2) is 5.60 Å². The highest BCUT2D eigenvalue weighted by atomic mass is 79.9. The Morgan fingerprint density at radius 2 is 2.00 bits per heavy atom. The van der Waals surface area contributed by atoms with Crippen molar-refractivity contribution in [2.24, 2.45) is 0 Å².